The first kappa shape index (κ1) is 17.4. The fourth-order valence-electron chi connectivity index (χ4n) is 2.29. The Bertz CT molecular complexity index is 542. The Morgan fingerprint density at radius 1 is 1.22 bits per heavy atom. The molecule has 2 heterocycles. The van der Waals surface area contributed by atoms with Gasteiger partial charge in [-0.15, -0.1) is 0 Å². The largest absolute Gasteiger partial charge is 0.379 e. The van der Waals surface area contributed by atoms with Crippen LogP contribution in [-0.4, -0.2) is 67.1 Å². The van der Waals surface area contributed by atoms with Crippen LogP contribution >= 0.6 is 0 Å². The first-order valence-electron chi connectivity index (χ1n) is 7.90. The zero-order valence-corrected chi connectivity index (χ0v) is 13.7. The van der Waals surface area contributed by atoms with Crippen molar-refractivity contribution in [3.05, 3.63) is 29.6 Å². The molecule has 1 aliphatic heterocycles. The molecule has 7 heteroatoms. The van der Waals surface area contributed by atoms with Crippen molar-refractivity contribution in [1.29, 1.82) is 0 Å². The van der Waals surface area contributed by atoms with Crippen molar-refractivity contribution >= 4 is 11.8 Å². The van der Waals surface area contributed by atoms with Crippen LogP contribution in [0.3, 0.4) is 0 Å². The van der Waals surface area contributed by atoms with Gasteiger partial charge in [0.25, 0.3) is 11.8 Å². The third kappa shape index (κ3) is 5.61. The second kappa shape index (κ2) is 8.59. The average Bonchev–Trinajstić information content (AvgIpc) is 2.55. The molecule has 0 atom stereocenters. The van der Waals surface area contributed by atoms with Crippen molar-refractivity contribution < 1.29 is 14.3 Å². The highest BCUT2D eigenvalue weighted by molar-refractivity contribution is 5.99. The van der Waals surface area contributed by atoms with E-state index in [9.17, 15) is 9.59 Å². The van der Waals surface area contributed by atoms with Gasteiger partial charge in [0.2, 0.25) is 0 Å². The molecule has 0 aromatic carbocycles. The SMILES string of the molecule is CC(C)NC(=O)c1cncc(C(=O)NCCN2CCOCC2)c1. The van der Waals surface area contributed by atoms with E-state index >= 15 is 0 Å². The van der Waals surface area contributed by atoms with Crippen LogP contribution in [0.5, 0.6) is 0 Å². The van der Waals surface area contributed by atoms with E-state index < -0.39 is 0 Å². The van der Waals surface area contributed by atoms with Gasteiger partial charge >= 0.3 is 0 Å². The lowest BCUT2D eigenvalue weighted by Gasteiger charge is -2.26. The van der Waals surface area contributed by atoms with Crippen molar-refractivity contribution in [3.63, 3.8) is 0 Å². The normalized spacial score (nSPS) is 15.4. The van der Waals surface area contributed by atoms with Gasteiger partial charge in [-0.3, -0.25) is 19.5 Å². The van der Waals surface area contributed by atoms with Crippen molar-refractivity contribution in [2.24, 2.45) is 0 Å². The van der Waals surface area contributed by atoms with Gasteiger partial charge in [0, 0.05) is 44.6 Å². The zero-order valence-electron chi connectivity index (χ0n) is 13.7. The van der Waals surface area contributed by atoms with E-state index in [-0.39, 0.29) is 17.9 Å². The van der Waals surface area contributed by atoms with Crippen LogP contribution in [0.2, 0.25) is 0 Å². The molecule has 23 heavy (non-hydrogen) atoms. The Morgan fingerprint density at radius 3 is 2.52 bits per heavy atom. The van der Waals surface area contributed by atoms with E-state index in [1.165, 1.54) is 12.4 Å². The van der Waals surface area contributed by atoms with Gasteiger partial charge in [0.15, 0.2) is 0 Å². The molecule has 0 spiro atoms. The number of hydrogen-bond acceptors (Lipinski definition) is 5. The molecule has 0 aliphatic carbocycles. The summed E-state index contributed by atoms with van der Waals surface area (Å²) in [5, 5.41) is 5.64. The van der Waals surface area contributed by atoms with Crippen LogP contribution in [-0.2, 0) is 4.74 Å². The maximum Gasteiger partial charge on any atom is 0.253 e. The van der Waals surface area contributed by atoms with Gasteiger partial charge in [-0.1, -0.05) is 0 Å². The van der Waals surface area contributed by atoms with Crippen molar-refractivity contribution in [3.8, 4) is 0 Å². The Kier molecular flexibility index (Phi) is 6.49. The summed E-state index contributed by atoms with van der Waals surface area (Å²) in [5.74, 6) is -0.444. The van der Waals surface area contributed by atoms with Gasteiger partial charge in [-0.05, 0) is 19.9 Å². The number of pyridine rings is 1. The number of carbonyl (C=O) groups is 2. The fourth-order valence-corrected chi connectivity index (χ4v) is 2.29. The molecule has 2 N–H and O–H groups in total. The summed E-state index contributed by atoms with van der Waals surface area (Å²) in [4.78, 5) is 30.3. The molecule has 0 saturated carbocycles. The number of carbonyl (C=O) groups excluding carboxylic acids is 2. The van der Waals surface area contributed by atoms with E-state index in [0.29, 0.717) is 17.7 Å². The van der Waals surface area contributed by atoms with E-state index in [1.54, 1.807) is 6.07 Å². The van der Waals surface area contributed by atoms with Crippen LogP contribution < -0.4 is 10.6 Å². The Balaban J connectivity index is 1.85. The highest BCUT2D eigenvalue weighted by Gasteiger charge is 2.13. The number of nitrogens with one attached hydrogen (secondary N) is 2. The van der Waals surface area contributed by atoms with Crippen LogP contribution in [0, 0.1) is 0 Å². The van der Waals surface area contributed by atoms with Crippen LogP contribution in [0.15, 0.2) is 18.5 Å². The first-order chi connectivity index (χ1) is 11.1. The predicted molar refractivity (Wildman–Crippen MR) is 86.4 cm³/mol. The monoisotopic (exact) mass is 320 g/mol. The quantitative estimate of drug-likeness (QED) is 0.787. The van der Waals surface area contributed by atoms with E-state index in [4.69, 9.17) is 4.74 Å². The van der Waals surface area contributed by atoms with Crippen LogP contribution in [0.25, 0.3) is 0 Å². The van der Waals surface area contributed by atoms with Gasteiger partial charge in [0.05, 0.1) is 24.3 Å². The molecular formula is C16H24N4O3. The van der Waals surface area contributed by atoms with E-state index in [0.717, 1.165) is 32.8 Å². The Labute approximate surface area is 136 Å². The third-order valence-corrected chi connectivity index (χ3v) is 3.50. The second-order valence-electron chi connectivity index (χ2n) is 5.80. The molecule has 1 aromatic heterocycles. The molecule has 0 radical (unpaired) electrons. The molecule has 0 bridgehead atoms. The third-order valence-electron chi connectivity index (χ3n) is 3.50. The summed E-state index contributed by atoms with van der Waals surface area (Å²) in [5.41, 5.74) is 0.780. The topological polar surface area (TPSA) is 83.6 Å². The highest BCUT2D eigenvalue weighted by Crippen LogP contribution is 2.03. The number of amides is 2. The molecule has 0 unspecified atom stereocenters. The maximum atomic E-state index is 12.2. The minimum Gasteiger partial charge on any atom is -0.379 e. The summed E-state index contributed by atoms with van der Waals surface area (Å²) in [6.45, 7) is 8.37. The summed E-state index contributed by atoms with van der Waals surface area (Å²) in [7, 11) is 0. The van der Waals surface area contributed by atoms with E-state index in [2.05, 4.69) is 20.5 Å². The maximum absolute atomic E-state index is 12.2. The van der Waals surface area contributed by atoms with Gasteiger partial charge in [-0.25, -0.2) is 0 Å². The number of nitrogens with zero attached hydrogens (tertiary/aromatic N) is 2. The number of rotatable bonds is 6. The smallest absolute Gasteiger partial charge is 0.253 e. The molecule has 126 valence electrons. The molecule has 1 aliphatic rings. The predicted octanol–water partition coefficient (Wildman–Crippen LogP) is 0.282. The minimum absolute atomic E-state index is 0.0357. The van der Waals surface area contributed by atoms with E-state index in [1.807, 2.05) is 13.8 Å². The summed E-state index contributed by atoms with van der Waals surface area (Å²) >= 11 is 0. The lowest BCUT2D eigenvalue weighted by atomic mass is 10.2. The lowest BCUT2D eigenvalue weighted by molar-refractivity contribution is 0.0383. The molecule has 2 amide bonds. The molecule has 1 fully saturated rings. The van der Waals surface area contributed by atoms with Gasteiger partial charge in [0.1, 0.15) is 0 Å². The van der Waals surface area contributed by atoms with Crippen LogP contribution in [0.1, 0.15) is 34.6 Å². The standard InChI is InChI=1S/C16H24N4O3/c1-12(2)19-16(22)14-9-13(10-17-11-14)15(21)18-3-4-20-5-7-23-8-6-20/h9-12H,3-8H2,1-2H3,(H,18,21)(H,19,22). The highest BCUT2D eigenvalue weighted by atomic mass is 16.5. The van der Waals surface area contributed by atoms with Gasteiger partial charge < -0.3 is 15.4 Å². The Morgan fingerprint density at radius 2 is 1.87 bits per heavy atom. The number of hydrogen-bond donors (Lipinski definition) is 2. The molecular weight excluding hydrogens is 296 g/mol. The fraction of sp³-hybridized carbons (Fsp3) is 0.562. The zero-order chi connectivity index (χ0) is 16.7. The van der Waals surface area contributed by atoms with Crippen molar-refractivity contribution in [2.45, 2.75) is 19.9 Å². The second-order valence-corrected chi connectivity index (χ2v) is 5.80. The summed E-state index contributed by atoms with van der Waals surface area (Å²) in [6.07, 6.45) is 2.93. The molecule has 2 rings (SSSR count). The molecule has 7 nitrogen and oxygen atoms in total. The number of morpholine rings is 1. The van der Waals surface area contributed by atoms with Crippen molar-refractivity contribution in [1.82, 2.24) is 20.5 Å². The number of ether oxygens (including phenoxy) is 1. The van der Waals surface area contributed by atoms with Crippen molar-refractivity contribution in [2.75, 3.05) is 39.4 Å². The Hall–Kier alpha value is -1.99. The lowest BCUT2D eigenvalue weighted by Crippen LogP contribution is -2.41. The summed E-state index contributed by atoms with van der Waals surface area (Å²) in [6, 6.07) is 1.60. The molecule has 1 aromatic rings. The average molecular weight is 320 g/mol. The molecule has 1 saturated heterocycles. The minimum atomic E-state index is -0.226. The van der Waals surface area contributed by atoms with Crippen LogP contribution in [0.4, 0.5) is 0 Å². The summed E-state index contributed by atoms with van der Waals surface area (Å²) < 4.78 is 5.28. The van der Waals surface area contributed by atoms with Gasteiger partial charge in [-0.2, -0.15) is 0 Å². The number of aromatic nitrogens is 1. The first-order valence-corrected chi connectivity index (χ1v) is 7.90.